The fourth-order valence-electron chi connectivity index (χ4n) is 6.88. The molecule has 0 aromatic heterocycles. The van der Waals surface area contributed by atoms with Gasteiger partial charge < -0.3 is 10.6 Å². The van der Waals surface area contributed by atoms with Crippen LogP contribution in [-0.2, 0) is 16.6 Å². The Balaban J connectivity index is 1.06. The molecule has 1 saturated heterocycles. The van der Waals surface area contributed by atoms with E-state index in [0.717, 1.165) is 78.7 Å². The molecule has 3 unspecified atom stereocenters. The number of carbonyl (C=O) groups is 2. The minimum Gasteiger partial charge on any atom is -0.353 e. The van der Waals surface area contributed by atoms with Crippen LogP contribution in [0.4, 0.5) is 0 Å². The highest BCUT2D eigenvalue weighted by Crippen LogP contribution is 2.51. The molecule has 232 valence electrons. The molecule has 1 fully saturated rings. The van der Waals surface area contributed by atoms with E-state index in [9.17, 15) is 9.59 Å². The molecule has 4 aromatic carbocycles. The highest BCUT2D eigenvalue weighted by atomic mass is 31.1. The fourth-order valence-corrected chi connectivity index (χ4v) is 7.19. The molecule has 3 atom stereocenters. The Morgan fingerprint density at radius 2 is 1.38 bits per heavy atom. The predicted octanol–water partition coefficient (Wildman–Crippen LogP) is 6.22. The largest absolute Gasteiger partial charge is 0.353 e. The third-order valence-corrected chi connectivity index (χ3v) is 9.69. The number of fused-ring (bicyclic) bond motifs is 3. The van der Waals surface area contributed by atoms with E-state index in [2.05, 4.69) is 91.8 Å². The summed E-state index contributed by atoms with van der Waals surface area (Å²) in [6, 6.07) is 35.1. The Kier molecular flexibility index (Phi) is 9.84. The number of rotatable bonds is 12. The number of likely N-dealkylation sites (tertiary alicyclic amines) is 1. The molecule has 8 heteroatoms. The van der Waals surface area contributed by atoms with Gasteiger partial charge in [-0.1, -0.05) is 103 Å². The molecular weight excluding hydrogens is 611 g/mol. The Labute approximate surface area is 274 Å². The maximum atomic E-state index is 14.1. The van der Waals surface area contributed by atoms with Crippen molar-refractivity contribution in [1.82, 2.24) is 15.5 Å². The van der Waals surface area contributed by atoms with Crippen LogP contribution < -0.4 is 10.6 Å². The number of unbranched alkanes of at least 4 members (excludes halogenated alkanes) is 1. The van der Waals surface area contributed by atoms with Gasteiger partial charge in [-0.05, 0) is 65.3 Å². The number of amides is 2. The summed E-state index contributed by atoms with van der Waals surface area (Å²) >= 11 is 0. The van der Waals surface area contributed by atoms with Crippen LogP contribution >= 0.6 is 27.7 Å². The molecule has 5 nitrogen and oxygen atoms in total. The lowest BCUT2D eigenvalue weighted by molar-refractivity contribution is -0.125. The zero-order valence-corrected chi connectivity index (χ0v) is 29.0. The van der Waals surface area contributed by atoms with Gasteiger partial charge in [0, 0.05) is 29.8 Å². The van der Waals surface area contributed by atoms with Crippen LogP contribution in [0.25, 0.3) is 11.1 Å². The van der Waals surface area contributed by atoms with Gasteiger partial charge in [-0.2, -0.15) is 0 Å². The maximum absolute atomic E-state index is 14.1. The van der Waals surface area contributed by atoms with Crippen LogP contribution in [0, 0.1) is 0 Å². The van der Waals surface area contributed by atoms with Gasteiger partial charge in [0.2, 0.25) is 5.91 Å². The highest BCUT2D eigenvalue weighted by molar-refractivity contribution is 7.57. The van der Waals surface area contributed by atoms with Crippen molar-refractivity contribution in [1.29, 1.82) is 0 Å². The molecule has 0 saturated carbocycles. The van der Waals surface area contributed by atoms with Crippen LogP contribution in [0.3, 0.4) is 0 Å². The Bertz CT molecular complexity index is 1620. The van der Waals surface area contributed by atoms with Crippen molar-refractivity contribution in [2.24, 2.45) is 0 Å². The number of carbonyl (C=O) groups excluding carboxylic acids is 2. The molecule has 0 radical (unpaired) electrons. The van der Waals surface area contributed by atoms with Crippen molar-refractivity contribution in [3.05, 3.63) is 131 Å². The van der Waals surface area contributed by atoms with E-state index in [-0.39, 0.29) is 22.5 Å². The minimum absolute atomic E-state index is 0.00292. The highest BCUT2D eigenvalue weighted by Gasteiger charge is 2.48. The van der Waals surface area contributed by atoms with E-state index in [1.165, 1.54) is 5.56 Å². The number of benzene rings is 4. The van der Waals surface area contributed by atoms with Gasteiger partial charge in [0.15, 0.2) is 0 Å². The summed E-state index contributed by atoms with van der Waals surface area (Å²) in [5, 5.41) is 6.52. The average Bonchev–Trinajstić information content (AvgIpc) is 3.31. The maximum Gasteiger partial charge on any atom is 0.251 e. The van der Waals surface area contributed by atoms with Crippen molar-refractivity contribution in [3.63, 3.8) is 0 Å². The van der Waals surface area contributed by atoms with Crippen molar-refractivity contribution >= 4 is 39.5 Å². The Morgan fingerprint density at radius 3 is 2.04 bits per heavy atom. The van der Waals surface area contributed by atoms with Crippen LogP contribution in [-0.4, -0.2) is 53.6 Å². The molecule has 2 aliphatic rings. The van der Waals surface area contributed by atoms with E-state index >= 15 is 0 Å². The quantitative estimate of drug-likeness (QED) is 0.141. The van der Waals surface area contributed by atoms with Gasteiger partial charge in [-0.15, -0.1) is 27.7 Å². The summed E-state index contributed by atoms with van der Waals surface area (Å²) in [7, 11) is 8.30. The van der Waals surface area contributed by atoms with Crippen LogP contribution in [0.5, 0.6) is 0 Å². The first kappa shape index (κ1) is 32.0. The second-order valence-electron chi connectivity index (χ2n) is 12.5. The molecule has 6 rings (SSSR count). The second-order valence-corrected chi connectivity index (χ2v) is 17.7. The summed E-state index contributed by atoms with van der Waals surface area (Å²) < 4.78 is -0.248. The summed E-state index contributed by atoms with van der Waals surface area (Å²) in [4.78, 5) is 29.7. The van der Waals surface area contributed by atoms with Crippen LogP contribution in [0.2, 0.25) is 0 Å². The standard InChI is InChI=1S/C37H42N3O2P3/c41-34(29-15-5-4-14-27(29)22-26-12-2-1-3-13-26)39-28-23-40(24-28)21-11-10-20-36(35(42)38-25-37(43,44)45)32-18-8-6-16-30(32)31-17-7-9-19-33(31)36/h1-9,12-19,28H,10-11,20-25,43-45H2,(H,38,42)(H,39,41). The fraction of sp³-hybridized carbons (Fsp3) is 0.297. The lowest BCUT2D eigenvalue weighted by atomic mass is 9.73. The van der Waals surface area contributed by atoms with Gasteiger partial charge >= 0.3 is 0 Å². The molecular formula is C37H42N3O2P3. The average molecular weight is 654 g/mol. The van der Waals surface area contributed by atoms with Gasteiger partial charge in [0.25, 0.3) is 5.91 Å². The molecule has 0 bridgehead atoms. The van der Waals surface area contributed by atoms with E-state index in [4.69, 9.17) is 0 Å². The van der Waals surface area contributed by atoms with E-state index in [0.29, 0.717) is 6.54 Å². The number of nitrogens with zero attached hydrogens (tertiary/aromatic N) is 1. The molecule has 2 amide bonds. The third-order valence-electron chi connectivity index (χ3n) is 9.07. The monoisotopic (exact) mass is 653 g/mol. The smallest absolute Gasteiger partial charge is 0.251 e. The Hall–Kier alpha value is -2.93. The molecule has 1 aliphatic carbocycles. The second kappa shape index (κ2) is 13.8. The molecule has 45 heavy (non-hydrogen) atoms. The van der Waals surface area contributed by atoms with E-state index in [1.807, 2.05) is 54.6 Å². The van der Waals surface area contributed by atoms with Crippen molar-refractivity contribution in [2.75, 3.05) is 26.2 Å². The third kappa shape index (κ3) is 7.08. The molecule has 1 aliphatic heterocycles. The molecule has 0 spiro atoms. The predicted molar refractivity (Wildman–Crippen MR) is 195 cm³/mol. The number of hydrogen-bond acceptors (Lipinski definition) is 3. The normalized spacial score (nSPS) is 15.5. The van der Waals surface area contributed by atoms with Crippen molar-refractivity contribution in [2.45, 2.75) is 41.8 Å². The van der Waals surface area contributed by atoms with Gasteiger partial charge in [0.1, 0.15) is 5.41 Å². The first-order valence-corrected chi connectivity index (χ1v) is 17.5. The van der Waals surface area contributed by atoms with E-state index in [1.54, 1.807) is 0 Å². The van der Waals surface area contributed by atoms with Gasteiger partial charge in [0.05, 0.1) is 6.04 Å². The Morgan fingerprint density at radius 1 is 0.778 bits per heavy atom. The van der Waals surface area contributed by atoms with Gasteiger partial charge in [-0.3, -0.25) is 14.5 Å². The summed E-state index contributed by atoms with van der Waals surface area (Å²) in [6.45, 7) is 3.17. The molecule has 4 aromatic rings. The summed E-state index contributed by atoms with van der Waals surface area (Å²) in [6.07, 6.45) is 3.39. The zero-order chi connectivity index (χ0) is 31.4. The van der Waals surface area contributed by atoms with Crippen LogP contribution in [0.15, 0.2) is 103 Å². The lowest BCUT2D eigenvalue weighted by Gasteiger charge is -2.40. The first-order chi connectivity index (χ1) is 21.7. The minimum atomic E-state index is -0.711. The molecule has 2 N–H and O–H groups in total. The first-order valence-electron chi connectivity index (χ1n) is 15.7. The van der Waals surface area contributed by atoms with Crippen molar-refractivity contribution < 1.29 is 9.59 Å². The molecule has 1 heterocycles. The zero-order valence-electron chi connectivity index (χ0n) is 25.5. The topological polar surface area (TPSA) is 61.4 Å². The SMILES string of the molecule is O=C(NC1CN(CCCCC2(C(=O)NCC(P)(P)P)c3ccccc3-c3ccccc32)C1)c1ccccc1Cc1ccccc1. The number of nitrogens with one attached hydrogen (secondary N) is 2. The lowest BCUT2D eigenvalue weighted by Crippen LogP contribution is -2.59. The van der Waals surface area contributed by atoms with Gasteiger partial charge in [-0.25, -0.2) is 0 Å². The van der Waals surface area contributed by atoms with Crippen molar-refractivity contribution in [3.8, 4) is 11.1 Å². The number of hydrogen-bond donors (Lipinski definition) is 2. The van der Waals surface area contributed by atoms with E-state index < -0.39 is 5.41 Å². The summed E-state index contributed by atoms with van der Waals surface area (Å²) in [5.41, 5.74) is 6.80. The van der Waals surface area contributed by atoms with Crippen LogP contribution in [0.1, 0.15) is 51.9 Å². The summed E-state index contributed by atoms with van der Waals surface area (Å²) in [5.74, 6) is 0.0686.